The molecule has 33 heavy (non-hydrogen) atoms. The minimum Gasteiger partial charge on any atom is -0.497 e. The van der Waals surface area contributed by atoms with Crippen molar-refractivity contribution < 1.29 is 4.74 Å². The van der Waals surface area contributed by atoms with Crippen LogP contribution in [-0.4, -0.2) is 17.1 Å². The van der Waals surface area contributed by atoms with Crippen LogP contribution in [0.15, 0.2) is 60.7 Å². The number of hydrogen-bond acceptors (Lipinski definition) is 3. The predicted octanol–water partition coefficient (Wildman–Crippen LogP) is 7.67. The molecule has 0 aliphatic heterocycles. The van der Waals surface area contributed by atoms with Gasteiger partial charge in [0.25, 0.3) is 0 Å². The van der Waals surface area contributed by atoms with Gasteiger partial charge in [0.05, 0.1) is 29.5 Å². The molecule has 5 rings (SSSR count). The molecular formula is C30H28N2O. The third-order valence-corrected chi connectivity index (χ3v) is 6.45. The average molecular weight is 433 g/mol. The molecule has 0 spiro atoms. The Bertz CT molecular complexity index is 1500. The number of pyridine rings is 2. The molecule has 2 heterocycles. The standard InChI is InChI=1S/C30H28N2O/c1-17-13-18(2)27(19(3)14-17)25-11-9-22-7-8-23-10-12-26(32-30(23)29(22)31-25)28-20(4)15-24(33-6)16-21(28)5/h7-16H,1-6H3. The highest BCUT2D eigenvalue weighted by atomic mass is 16.5. The maximum absolute atomic E-state index is 5.45. The number of hydrogen-bond donors (Lipinski definition) is 0. The van der Waals surface area contributed by atoms with E-state index in [4.69, 9.17) is 14.7 Å². The van der Waals surface area contributed by atoms with Crippen LogP contribution in [-0.2, 0) is 0 Å². The normalized spacial score (nSPS) is 11.3. The molecule has 0 amide bonds. The van der Waals surface area contributed by atoms with Gasteiger partial charge in [0, 0.05) is 21.9 Å². The molecule has 0 bridgehead atoms. The Kier molecular flexibility index (Phi) is 5.13. The van der Waals surface area contributed by atoms with Crippen molar-refractivity contribution in [3.8, 4) is 28.3 Å². The van der Waals surface area contributed by atoms with Crippen LogP contribution in [0.1, 0.15) is 27.8 Å². The smallest absolute Gasteiger partial charge is 0.119 e. The number of ether oxygens (including phenoxy) is 1. The summed E-state index contributed by atoms with van der Waals surface area (Å²) in [4.78, 5) is 10.3. The van der Waals surface area contributed by atoms with E-state index in [1.165, 1.54) is 22.3 Å². The van der Waals surface area contributed by atoms with Gasteiger partial charge in [-0.25, -0.2) is 9.97 Å². The highest BCUT2D eigenvalue weighted by Gasteiger charge is 2.14. The van der Waals surface area contributed by atoms with Gasteiger partial charge in [0.15, 0.2) is 0 Å². The highest BCUT2D eigenvalue weighted by molar-refractivity contribution is 6.04. The number of rotatable bonds is 3. The van der Waals surface area contributed by atoms with Crippen LogP contribution < -0.4 is 4.74 Å². The molecular weight excluding hydrogens is 404 g/mol. The summed E-state index contributed by atoms with van der Waals surface area (Å²) in [6, 6.07) is 21.4. The van der Waals surface area contributed by atoms with Gasteiger partial charge >= 0.3 is 0 Å². The summed E-state index contributed by atoms with van der Waals surface area (Å²) in [5.41, 5.74) is 12.3. The van der Waals surface area contributed by atoms with Crippen LogP contribution in [0.4, 0.5) is 0 Å². The van der Waals surface area contributed by atoms with Gasteiger partial charge in [-0.15, -0.1) is 0 Å². The second kappa shape index (κ2) is 8.00. The summed E-state index contributed by atoms with van der Waals surface area (Å²) in [7, 11) is 1.70. The Morgan fingerprint density at radius 2 is 0.939 bits per heavy atom. The van der Waals surface area contributed by atoms with Crippen LogP contribution >= 0.6 is 0 Å². The fourth-order valence-electron chi connectivity index (χ4n) is 5.08. The maximum Gasteiger partial charge on any atom is 0.119 e. The molecule has 2 aromatic heterocycles. The van der Waals surface area contributed by atoms with E-state index in [0.717, 1.165) is 55.6 Å². The van der Waals surface area contributed by atoms with Crippen molar-refractivity contribution in [1.82, 2.24) is 9.97 Å². The molecule has 3 heteroatoms. The van der Waals surface area contributed by atoms with E-state index < -0.39 is 0 Å². The molecule has 0 N–H and O–H groups in total. The van der Waals surface area contributed by atoms with Gasteiger partial charge in [-0.05, 0) is 81.1 Å². The summed E-state index contributed by atoms with van der Waals surface area (Å²) in [6.45, 7) is 10.7. The molecule has 0 saturated heterocycles. The van der Waals surface area contributed by atoms with Crippen molar-refractivity contribution in [3.05, 3.63) is 88.5 Å². The van der Waals surface area contributed by atoms with E-state index in [9.17, 15) is 0 Å². The van der Waals surface area contributed by atoms with Gasteiger partial charge in [0.1, 0.15) is 5.75 Å². The number of fused-ring (bicyclic) bond motifs is 3. The second-order valence-corrected chi connectivity index (χ2v) is 9.01. The molecule has 3 aromatic carbocycles. The Balaban J connectivity index is 1.75. The Morgan fingerprint density at radius 3 is 1.36 bits per heavy atom. The van der Waals surface area contributed by atoms with Gasteiger partial charge in [-0.1, -0.05) is 42.0 Å². The van der Waals surface area contributed by atoms with E-state index in [1.807, 2.05) is 0 Å². The van der Waals surface area contributed by atoms with Crippen molar-refractivity contribution in [2.75, 3.05) is 7.11 Å². The van der Waals surface area contributed by atoms with Gasteiger partial charge in [-0.2, -0.15) is 0 Å². The summed E-state index contributed by atoms with van der Waals surface area (Å²) in [5.74, 6) is 0.870. The lowest BCUT2D eigenvalue weighted by atomic mass is 9.96. The van der Waals surface area contributed by atoms with E-state index in [0.29, 0.717) is 0 Å². The van der Waals surface area contributed by atoms with E-state index in [1.54, 1.807) is 7.11 Å². The van der Waals surface area contributed by atoms with E-state index in [-0.39, 0.29) is 0 Å². The quantitative estimate of drug-likeness (QED) is 0.274. The molecule has 0 aliphatic carbocycles. The van der Waals surface area contributed by atoms with Crippen LogP contribution in [0.25, 0.3) is 44.3 Å². The minimum atomic E-state index is 0.870. The van der Waals surface area contributed by atoms with Crippen molar-refractivity contribution in [3.63, 3.8) is 0 Å². The summed E-state index contributed by atoms with van der Waals surface area (Å²) in [6.07, 6.45) is 0. The molecule has 3 nitrogen and oxygen atoms in total. The number of methoxy groups -OCH3 is 1. The lowest BCUT2D eigenvalue weighted by molar-refractivity contribution is 0.414. The van der Waals surface area contributed by atoms with Crippen LogP contribution in [0, 0.1) is 34.6 Å². The maximum atomic E-state index is 5.45. The van der Waals surface area contributed by atoms with E-state index >= 15 is 0 Å². The lowest BCUT2D eigenvalue weighted by Gasteiger charge is -2.14. The topological polar surface area (TPSA) is 35.0 Å². The van der Waals surface area contributed by atoms with Gasteiger partial charge in [-0.3, -0.25) is 0 Å². The average Bonchev–Trinajstić information content (AvgIpc) is 2.77. The molecule has 0 unspecified atom stereocenters. The SMILES string of the molecule is COc1cc(C)c(-c2ccc3ccc4ccc(-c5c(C)cc(C)cc5C)nc4c3n2)c(C)c1. The first-order valence-corrected chi connectivity index (χ1v) is 11.3. The third kappa shape index (κ3) is 3.64. The predicted molar refractivity (Wildman–Crippen MR) is 138 cm³/mol. The summed E-state index contributed by atoms with van der Waals surface area (Å²) < 4.78 is 5.45. The Hall–Kier alpha value is -3.72. The zero-order chi connectivity index (χ0) is 23.3. The molecule has 0 fully saturated rings. The molecule has 5 aromatic rings. The Labute approximate surface area is 195 Å². The van der Waals surface area contributed by atoms with Crippen molar-refractivity contribution in [2.24, 2.45) is 0 Å². The zero-order valence-electron chi connectivity index (χ0n) is 20.1. The molecule has 0 aliphatic rings. The van der Waals surface area contributed by atoms with Crippen molar-refractivity contribution in [2.45, 2.75) is 34.6 Å². The summed E-state index contributed by atoms with van der Waals surface area (Å²) >= 11 is 0. The van der Waals surface area contributed by atoms with Crippen LogP contribution in [0.5, 0.6) is 5.75 Å². The zero-order valence-corrected chi connectivity index (χ0v) is 20.1. The molecule has 0 radical (unpaired) electrons. The Morgan fingerprint density at radius 1 is 0.545 bits per heavy atom. The fraction of sp³-hybridized carbons (Fsp3) is 0.200. The van der Waals surface area contributed by atoms with Crippen LogP contribution in [0.2, 0.25) is 0 Å². The number of aryl methyl sites for hydroxylation is 5. The van der Waals surface area contributed by atoms with Crippen molar-refractivity contribution >= 4 is 21.8 Å². The number of benzene rings is 3. The monoisotopic (exact) mass is 432 g/mol. The van der Waals surface area contributed by atoms with Crippen LogP contribution in [0.3, 0.4) is 0 Å². The summed E-state index contributed by atoms with van der Waals surface area (Å²) in [5, 5.41) is 2.19. The lowest BCUT2D eigenvalue weighted by Crippen LogP contribution is -1.96. The first-order valence-electron chi connectivity index (χ1n) is 11.3. The second-order valence-electron chi connectivity index (χ2n) is 9.01. The van der Waals surface area contributed by atoms with Gasteiger partial charge < -0.3 is 4.74 Å². The number of nitrogens with zero attached hydrogens (tertiary/aromatic N) is 2. The third-order valence-electron chi connectivity index (χ3n) is 6.45. The highest BCUT2D eigenvalue weighted by Crippen LogP contribution is 2.34. The molecule has 164 valence electrons. The number of aromatic nitrogens is 2. The fourth-order valence-corrected chi connectivity index (χ4v) is 5.08. The molecule has 0 saturated carbocycles. The minimum absolute atomic E-state index is 0.870. The molecule has 0 atom stereocenters. The van der Waals surface area contributed by atoms with Crippen molar-refractivity contribution in [1.29, 1.82) is 0 Å². The van der Waals surface area contributed by atoms with Gasteiger partial charge in [0.2, 0.25) is 0 Å². The first-order chi connectivity index (χ1) is 15.9. The van der Waals surface area contributed by atoms with E-state index in [2.05, 4.69) is 95.3 Å². The first kappa shape index (κ1) is 21.1. The largest absolute Gasteiger partial charge is 0.497 e.